The van der Waals surface area contributed by atoms with Gasteiger partial charge in [-0.15, -0.1) is 11.3 Å². The zero-order valence-electron chi connectivity index (χ0n) is 12.0. The molecule has 0 amide bonds. The van der Waals surface area contributed by atoms with Crippen LogP contribution in [-0.4, -0.2) is 19.7 Å². The van der Waals surface area contributed by atoms with E-state index in [1.807, 2.05) is 12.1 Å². The number of ether oxygens (including phenoxy) is 2. The zero-order valence-corrected chi connectivity index (χ0v) is 12.8. The molecule has 1 aliphatic heterocycles. The van der Waals surface area contributed by atoms with E-state index in [0.29, 0.717) is 18.6 Å². The van der Waals surface area contributed by atoms with E-state index in [0.717, 1.165) is 16.9 Å². The molecule has 0 saturated carbocycles. The first kappa shape index (κ1) is 13.9. The molecule has 1 aromatic heterocycles. The van der Waals surface area contributed by atoms with Gasteiger partial charge in [-0.2, -0.15) is 0 Å². The minimum Gasteiger partial charge on any atom is -0.493 e. The Kier molecular flexibility index (Phi) is 3.80. The second kappa shape index (κ2) is 5.74. The lowest BCUT2D eigenvalue weighted by atomic mass is 10.0. The number of rotatable bonds is 2. The Morgan fingerprint density at radius 2 is 2.19 bits per heavy atom. The van der Waals surface area contributed by atoms with Crippen molar-refractivity contribution in [3.8, 4) is 16.2 Å². The van der Waals surface area contributed by atoms with E-state index in [1.54, 1.807) is 11.3 Å². The molecule has 108 valence electrons. The van der Waals surface area contributed by atoms with E-state index in [9.17, 15) is 4.79 Å². The van der Waals surface area contributed by atoms with Gasteiger partial charge in [-0.1, -0.05) is 0 Å². The van der Waals surface area contributed by atoms with Crippen molar-refractivity contribution in [3.63, 3.8) is 0 Å². The van der Waals surface area contributed by atoms with Crippen molar-refractivity contribution in [1.82, 2.24) is 0 Å². The molecular formula is C17H16O3S. The van der Waals surface area contributed by atoms with Crippen molar-refractivity contribution in [2.24, 2.45) is 0 Å². The van der Waals surface area contributed by atoms with Crippen molar-refractivity contribution in [2.75, 3.05) is 13.7 Å². The highest BCUT2D eigenvalue weighted by molar-refractivity contribution is 7.13. The van der Waals surface area contributed by atoms with E-state index >= 15 is 0 Å². The molecule has 2 heterocycles. The van der Waals surface area contributed by atoms with E-state index < -0.39 is 0 Å². The van der Waals surface area contributed by atoms with Crippen LogP contribution in [0, 0.1) is 6.92 Å². The number of methoxy groups -OCH3 is 1. The van der Waals surface area contributed by atoms with Crippen LogP contribution in [0.4, 0.5) is 0 Å². The molecule has 0 N–H and O–H groups in total. The highest BCUT2D eigenvalue weighted by Crippen LogP contribution is 2.33. The third kappa shape index (κ3) is 2.85. The fourth-order valence-electron chi connectivity index (χ4n) is 2.35. The quantitative estimate of drug-likeness (QED) is 0.785. The van der Waals surface area contributed by atoms with Crippen LogP contribution in [0.1, 0.15) is 17.5 Å². The summed E-state index contributed by atoms with van der Waals surface area (Å²) in [5.74, 6) is 0.523. The maximum Gasteiger partial charge on any atom is 0.333 e. The highest BCUT2D eigenvalue weighted by atomic mass is 32.1. The van der Waals surface area contributed by atoms with E-state index in [4.69, 9.17) is 9.47 Å². The number of hydrogen-bond acceptors (Lipinski definition) is 4. The number of carbonyl (C=O) groups excluding carboxylic acids is 1. The molecule has 0 spiro atoms. The molecule has 0 unspecified atom stereocenters. The van der Waals surface area contributed by atoms with Crippen LogP contribution in [0.5, 0.6) is 5.75 Å². The van der Waals surface area contributed by atoms with Crippen molar-refractivity contribution in [2.45, 2.75) is 13.3 Å². The lowest BCUT2D eigenvalue weighted by molar-refractivity contribution is -0.136. The van der Waals surface area contributed by atoms with Gasteiger partial charge in [0.05, 0.1) is 13.7 Å². The molecule has 0 aliphatic carbocycles. The van der Waals surface area contributed by atoms with Crippen LogP contribution >= 0.6 is 11.3 Å². The molecule has 0 fully saturated rings. The lowest BCUT2D eigenvalue weighted by Gasteiger charge is -2.07. The SMILES string of the molecule is COC(=O)C1=Cc2cc(-c3cc(C)cs3)ccc2OCC1. The second-order valence-corrected chi connectivity index (χ2v) is 5.91. The zero-order chi connectivity index (χ0) is 14.8. The maximum atomic E-state index is 11.7. The van der Waals surface area contributed by atoms with Gasteiger partial charge in [-0.3, -0.25) is 0 Å². The fraction of sp³-hybridized carbons (Fsp3) is 0.235. The number of hydrogen-bond donors (Lipinski definition) is 0. The molecule has 21 heavy (non-hydrogen) atoms. The summed E-state index contributed by atoms with van der Waals surface area (Å²) in [6.07, 6.45) is 2.44. The van der Waals surface area contributed by atoms with Gasteiger partial charge in [0.25, 0.3) is 0 Å². The Morgan fingerprint density at radius 1 is 1.33 bits per heavy atom. The van der Waals surface area contributed by atoms with Crippen LogP contribution < -0.4 is 4.74 Å². The third-order valence-corrected chi connectivity index (χ3v) is 4.53. The topological polar surface area (TPSA) is 35.5 Å². The lowest BCUT2D eigenvalue weighted by Crippen LogP contribution is -2.06. The molecule has 0 bridgehead atoms. The van der Waals surface area contributed by atoms with Crippen molar-refractivity contribution in [3.05, 3.63) is 46.3 Å². The molecule has 1 aromatic carbocycles. The van der Waals surface area contributed by atoms with Crippen LogP contribution in [0.2, 0.25) is 0 Å². The summed E-state index contributed by atoms with van der Waals surface area (Å²) in [7, 11) is 1.40. The first-order chi connectivity index (χ1) is 10.2. The molecule has 0 saturated heterocycles. The maximum absolute atomic E-state index is 11.7. The van der Waals surface area contributed by atoms with Gasteiger partial charge in [0.15, 0.2) is 0 Å². The Morgan fingerprint density at radius 3 is 2.90 bits per heavy atom. The van der Waals surface area contributed by atoms with Crippen molar-refractivity contribution < 1.29 is 14.3 Å². The second-order valence-electron chi connectivity index (χ2n) is 5.00. The van der Waals surface area contributed by atoms with Gasteiger partial charge in [-0.05, 0) is 53.8 Å². The summed E-state index contributed by atoms with van der Waals surface area (Å²) < 4.78 is 10.5. The first-order valence-corrected chi connectivity index (χ1v) is 7.66. The fourth-order valence-corrected chi connectivity index (χ4v) is 3.25. The van der Waals surface area contributed by atoms with Gasteiger partial charge in [0, 0.05) is 22.4 Å². The van der Waals surface area contributed by atoms with Crippen LogP contribution in [0.15, 0.2) is 35.2 Å². The van der Waals surface area contributed by atoms with E-state index in [-0.39, 0.29) is 5.97 Å². The number of fused-ring (bicyclic) bond motifs is 1. The van der Waals surface area contributed by atoms with Crippen molar-refractivity contribution in [1.29, 1.82) is 0 Å². The summed E-state index contributed by atoms with van der Waals surface area (Å²) in [5, 5.41) is 2.13. The summed E-state index contributed by atoms with van der Waals surface area (Å²) >= 11 is 1.72. The van der Waals surface area contributed by atoms with Gasteiger partial charge in [-0.25, -0.2) is 4.79 Å². The predicted molar refractivity (Wildman–Crippen MR) is 84.6 cm³/mol. The average molecular weight is 300 g/mol. The normalized spacial score (nSPS) is 13.7. The third-order valence-electron chi connectivity index (χ3n) is 3.43. The smallest absolute Gasteiger partial charge is 0.333 e. The van der Waals surface area contributed by atoms with Crippen LogP contribution in [-0.2, 0) is 9.53 Å². The monoisotopic (exact) mass is 300 g/mol. The van der Waals surface area contributed by atoms with E-state index in [2.05, 4.69) is 30.5 Å². The van der Waals surface area contributed by atoms with Gasteiger partial charge in [0.2, 0.25) is 0 Å². The van der Waals surface area contributed by atoms with Gasteiger partial charge < -0.3 is 9.47 Å². The molecule has 2 aromatic rings. The molecule has 0 radical (unpaired) electrons. The Balaban J connectivity index is 2.03. The summed E-state index contributed by atoms with van der Waals surface area (Å²) in [6, 6.07) is 8.25. The number of thiophene rings is 1. The molecule has 0 atom stereocenters. The largest absolute Gasteiger partial charge is 0.493 e. The Hall–Kier alpha value is -2.07. The van der Waals surface area contributed by atoms with Crippen LogP contribution in [0.3, 0.4) is 0 Å². The summed E-state index contributed by atoms with van der Waals surface area (Å²) in [6.45, 7) is 2.58. The first-order valence-electron chi connectivity index (χ1n) is 6.78. The summed E-state index contributed by atoms with van der Waals surface area (Å²) in [5.41, 5.74) is 3.97. The molecule has 1 aliphatic rings. The summed E-state index contributed by atoms with van der Waals surface area (Å²) in [4.78, 5) is 13.0. The Labute approximate surface area is 127 Å². The number of benzene rings is 1. The predicted octanol–water partition coefficient (Wildman–Crippen LogP) is 4.06. The van der Waals surface area contributed by atoms with E-state index in [1.165, 1.54) is 17.6 Å². The average Bonchev–Trinajstić information content (AvgIpc) is 2.82. The minimum atomic E-state index is -0.288. The minimum absolute atomic E-state index is 0.288. The van der Waals surface area contributed by atoms with Gasteiger partial charge in [0.1, 0.15) is 5.75 Å². The number of carbonyl (C=O) groups is 1. The molecular weight excluding hydrogens is 284 g/mol. The number of esters is 1. The van der Waals surface area contributed by atoms with Gasteiger partial charge >= 0.3 is 5.97 Å². The molecule has 3 nitrogen and oxygen atoms in total. The molecule has 4 heteroatoms. The van der Waals surface area contributed by atoms with Crippen molar-refractivity contribution >= 4 is 23.4 Å². The standard InChI is InChI=1S/C17H16O3S/c1-11-7-16(21-10-11)12-3-4-15-14(8-12)9-13(5-6-20-15)17(18)19-2/h3-4,7-10H,5-6H2,1-2H3. The Bertz CT molecular complexity index is 713. The molecule has 3 rings (SSSR count). The number of aryl methyl sites for hydroxylation is 1. The highest BCUT2D eigenvalue weighted by Gasteiger charge is 2.16. The van der Waals surface area contributed by atoms with Crippen LogP contribution in [0.25, 0.3) is 16.5 Å².